The van der Waals surface area contributed by atoms with Gasteiger partial charge in [0.2, 0.25) is 0 Å². The molecule has 1 heterocycles. The second kappa shape index (κ2) is 6.15. The molecule has 0 spiro atoms. The maximum absolute atomic E-state index is 12.3. The molecule has 98 valence electrons. The van der Waals surface area contributed by atoms with Crippen molar-refractivity contribution in [1.29, 1.82) is 0 Å². The summed E-state index contributed by atoms with van der Waals surface area (Å²) in [5.74, 6) is 0. The van der Waals surface area contributed by atoms with Gasteiger partial charge in [-0.15, -0.1) is 11.3 Å². The van der Waals surface area contributed by atoms with Gasteiger partial charge in [-0.2, -0.15) is 4.31 Å². The zero-order valence-corrected chi connectivity index (χ0v) is 12.1. The molecule has 0 fully saturated rings. The third-order valence-electron chi connectivity index (χ3n) is 2.22. The van der Waals surface area contributed by atoms with Gasteiger partial charge in [0.05, 0.1) is 4.34 Å². The fourth-order valence-corrected chi connectivity index (χ4v) is 4.72. The molecule has 0 aliphatic rings. The molecule has 1 aromatic heterocycles. The first-order chi connectivity index (χ1) is 7.89. The van der Waals surface area contributed by atoms with E-state index >= 15 is 0 Å². The van der Waals surface area contributed by atoms with Crippen molar-refractivity contribution in [3.05, 3.63) is 16.5 Å². The Morgan fingerprint density at radius 3 is 2.53 bits per heavy atom. The van der Waals surface area contributed by atoms with Crippen LogP contribution >= 0.6 is 22.9 Å². The van der Waals surface area contributed by atoms with Crippen LogP contribution in [-0.4, -0.2) is 37.0 Å². The molecule has 0 saturated heterocycles. The van der Waals surface area contributed by atoms with Gasteiger partial charge in [-0.25, -0.2) is 8.42 Å². The summed E-state index contributed by atoms with van der Waals surface area (Å²) in [5, 5.41) is 8.80. The van der Waals surface area contributed by atoms with E-state index in [-0.39, 0.29) is 16.9 Å². The molecule has 0 unspecified atom stereocenters. The first kappa shape index (κ1) is 14.9. The smallest absolute Gasteiger partial charge is 0.252 e. The minimum absolute atomic E-state index is 0.0239. The van der Waals surface area contributed by atoms with Crippen molar-refractivity contribution < 1.29 is 13.5 Å². The minimum atomic E-state index is -3.50. The SMILES string of the molecule is CC(C)N(CCCO)S(=O)(=O)c1ccc(Cl)s1. The van der Waals surface area contributed by atoms with Crippen LogP contribution in [0.4, 0.5) is 0 Å². The van der Waals surface area contributed by atoms with Gasteiger partial charge in [-0.3, -0.25) is 0 Å². The van der Waals surface area contributed by atoms with Crippen molar-refractivity contribution in [2.24, 2.45) is 0 Å². The fraction of sp³-hybridized carbons (Fsp3) is 0.600. The van der Waals surface area contributed by atoms with Gasteiger partial charge in [0.25, 0.3) is 10.0 Å². The number of hydrogen-bond acceptors (Lipinski definition) is 4. The van der Waals surface area contributed by atoms with Gasteiger partial charge in [-0.05, 0) is 32.4 Å². The van der Waals surface area contributed by atoms with Crippen molar-refractivity contribution in [1.82, 2.24) is 4.31 Å². The number of sulfonamides is 1. The van der Waals surface area contributed by atoms with E-state index in [1.165, 1.54) is 10.4 Å². The molecule has 0 atom stereocenters. The lowest BCUT2D eigenvalue weighted by atomic mass is 10.3. The van der Waals surface area contributed by atoms with Crippen LogP contribution in [0.5, 0.6) is 0 Å². The number of halogens is 1. The maximum atomic E-state index is 12.3. The third kappa shape index (κ3) is 3.66. The number of aliphatic hydroxyl groups is 1. The van der Waals surface area contributed by atoms with Gasteiger partial charge in [-0.1, -0.05) is 11.6 Å². The Kier molecular flexibility index (Phi) is 5.40. The zero-order chi connectivity index (χ0) is 13.1. The number of hydrogen-bond donors (Lipinski definition) is 1. The van der Waals surface area contributed by atoms with E-state index in [1.807, 2.05) is 13.8 Å². The summed E-state index contributed by atoms with van der Waals surface area (Å²) in [6.45, 7) is 3.91. The summed E-state index contributed by atoms with van der Waals surface area (Å²) >= 11 is 6.80. The monoisotopic (exact) mass is 297 g/mol. The molecular weight excluding hydrogens is 282 g/mol. The van der Waals surface area contributed by atoms with Crippen LogP contribution in [-0.2, 0) is 10.0 Å². The third-order valence-corrected chi connectivity index (χ3v) is 6.00. The van der Waals surface area contributed by atoms with E-state index in [2.05, 4.69) is 0 Å². The molecule has 0 aliphatic heterocycles. The Balaban J connectivity index is 3.00. The average molecular weight is 298 g/mol. The Morgan fingerprint density at radius 1 is 1.47 bits per heavy atom. The predicted octanol–water partition coefficient (Wildman–Crippen LogP) is 2.18. The zero-order valence-electron chi connectivity index (χ0n) is 9.76. The first-order valence-electron chi connectivity index (χ1n) is 5.27. The molecule has 0 radical (unpaired) electrons. The molecule has 0 saturated carbocycles. The fourth-order valence-electron chi connectivity index (χ4n) is 1.43. The van der Waals surface area contributed by atoms with Gasteiger partial charge >= 0.3 is 0 Å². The second-order valence-electron chi connectivity index (χ2n) is 3.85. The van der Waals surface area contributed by atoms with E-state index in [1.54, 1.807) is 6.07 Å². The summed E-state index contributed by atoms with van der Waals surface area (Å²) in [7, 11) is -3.50. The molecule has 0 aromatic carbocycles. The number of thiophene rings is 1. The molecule has 4 nitrogen and oxygen atoms in total. The van der Waals surface area contributed by atoms with Crippen molar-refractivity contribution >= 4 is 33.0 Å². The Bertz CT molecular complexity index is 456. The number of rotatable bonds is 6. The van der Waals surface area contributed by atoms with Crippen LogP contribution in [0.25, 0.3) is 0 Å². The van der Waals surface area contributed by atoms with Crippen molar-refractivity contribution in [2.45, 2.75) is 30.5 Å². The highest BCUT2D eigenvalue weighted by Crippen LogP contribution is 2.29. The summed E-state index contributed by atoms with van der Waals surface area (Å²) < 4.78 is 26.7. The van der Waals surface area contributed by atoms with Crippen LogP contribution < -0.4 is 0 Å². The Labute approximate surface area is 111 Å². The largest absolute Gasteiger partial charge is 0.396 e. The van der Waals surface area contributed by atoms with E-state index in [0.717, 1.165) is 11.3 Å². The molecule has 0 aliphatic carbocycles. The standard InChI is InChI=1S/C10H16ClNO3S2/c1-8(2)12(6-3-7-13)17(14,15)10-5-4-9(11)16-10/h4-5,8,13H,3,6-7H2,1-2H3. The van der Waals surface area contributed by atoms with E-state index in [4.69, 9.17) is 16.7 Å². The quantitative estimate of drug-likeness (QED) is 0.875. The second-order valence-corrected chi connectivity index (χ2v) is 7.68. The minimum Gasteiger partial charge on any atom is -0.396 e. The molecule has 1 rings (SSSR count). The highest BCUT2D eigenvalue weighted by molar-refractivity contribution is 7.91. The molecule has 17 heavy (non-hydrogen) atoms. The lowest BCUT2D eigenvalue weighted by molar-refractivity contribution is 0.258. The molecular formula is C10H16ClNO3S2. The van der Waals surface area contributed by atoms with E-state index in [0.29, 0.717) is 17.3 Å². The molecule has 1 aromatic rings. The highest BCUT2D eigenvalue weighted by atomic mass is 35.5. The number of nitrogens with zero attached hydrogens (tertiary/aromatic N) is 1. The normalized spacial score (nSPS) is 12.6. The Hall–Kier alpha value is -0.140. The molecule has 1 N–H and O–H groups in total. The van der Waals surface area contributed by atoms with Crippen molar-refractivity contribution in [3.8, 4) is 0 Å². The predicted molar refractivity (Wildman–Crippen MR) is 70.1 cm³/mol. The lowest BCUT2D eigenvalue weighted by Crippen LogP contribution is -2.37. The van der Waals surface area contributed by atoms with Gasteiger partial charge in [0, 0.05) is 19.2 Å². The maximum Gasteiger partial charge on any atom is 0.252 e. The van der Waals surface area contributed by atoms with Crippen molar-refractivity contribution in [2.75, 3.05) is 13.2 Å². The molecule has 0 bridgehead atoms. The van der Waals surface area contributed by atoms with Gasteiger partial charge < -0.3 is 5.11 Å². The van der Waals surface area contributed by atoms with Crippen LogP contribution in [0.2, 0.25) is 4.34 Å². The first-order valence-corrected chi connectivity index (χ1v) is 7.91. The molecule has 7 heteroatoms. The van der Waals surface area contributed by atoms with Gasteiger partial charge in [0.15, 0.2) is 0 Å². The van der Waals surface area contributed by atoms with Crippen LogP contribution in [0.1, 0.15) is 20.3 Å². The van der Waals surface area contributed by atoms with E-state index in [9.17, 15) is 8.42 Å². The topological polar surface area (TPSA) is 57.6 Å². The summed E-state index contributed by atoms with van der Waals surface area (Å²) in [5.41, 5.74) is 0. The highest BCUT2D eigenvalue weighted by Gasteiger charge is 2.27. The average Bonchev–Trinajstić information content (AvgIpc) is 2.65. The molecule has 0 amide bonds. The summed E-state index contributed by atoms with van der Waals surface area (Å²) in [4.78, 5) is 0. The van der Waals surface area contributed by atoms with E-state index < -0.39 is 10.0 Å². The van der Waals surface area contributed by atoms with Crippen molar-refractivity contribution in [3.63, 3.8) is 0 Å². The van der Waals surface area contributed by atoms with Crippen LogP contribution in [0.15, 0.2) is 16.3 Å². The van der Waals surface area contributed by atoms with Crippen LogP contribution in [0, 0.1) is 0 Å². The van der Waals surface area contributed by atoms with Gasteiger partial charge in [0.1, 0.15) is 4.21 Å². The van der Waals surface area contributed by atoms with Crippen LogP contribution in [0.3, 0.4) is 0 Å². The lowest BCUT2D eigenvalue weighted by Gasteiger charge is -2.24. The number of aliphatic hydroxyl groups excluding tert-OH is 1. The Morgan fingerprint density at radius 2 is 2.12 bits per heavy atom. The summed E-state index contributed by atoms with van der Waals surface area (Å²) in [6.07, 6.45) is 0.427. The summed E-state index contributed by atoms with van der Waals surface area (Å²) in [6, 6.07) is 2.94.